The lowest BCUT2D eigenvalue weighted by atomic mass is 9.81. The number of carbonyl (C=O) groups excluding carboxylic acids is 1. The van der Waals surface area contributed by atoms with E-state index in [2.05, 4.69) is 0 Å². The average Bonchev–Trinajstić information content (AvgIpc) is 2.30. The van der Waals surface area contributed by atoms with E-state index in [4.69, 9.17) is 0 Å². The van der Waals surface area contributed by atoms with E-state index in [1.807, 2.05) is 24.3 Å². The molecule has 80 valence electrons. The normalized spacial score (nSPS) is 21.7. The van der Waals surface area contributed by atoms with Crippen LogP contribution in [0.15, 0.2) is 24.3 Å². The van der Waals surface area contributed by atoms with E-state index in [0.717, 1.165) is 30.4 Å². The first-order valence-electron chi connectivity index (χ1n) is 5.54. The summed E-state index contributed by atoms with van der Waals surface area (Å²) in [6.45, 7) is 0.0277. The Balaban J connectivity index is 2.30. The molecule has 0 bridgehead atoms. The topological polar surface area (TPSA) is 37.3 Å². The molecule has 2 nitrogen and oxygen atoms in total. The lowest BCUT2D eigenvalue weighted by Gasteiger charge is -2.22. The molecule has 1 N–H and O–H groups in total. The molecule has 1 fully saturated rings. The molecule has 0 saturated heterocycles. The van der Waals surface area contributed by atoms with E-state index < -0.39 is 0 Å². The summed E-state index contributed by atoms with van der Waals surface area (Å²) < 4.78 is 0. The van der Waals surface area contributed by atoms with Crippen LogP contribution in [0.1, 0.15) is 42.7 Å². The maximum atomic E-state index is 11.8. The molecule has 1 saturated carbocycles. The molecule has 2 heteroatoms. The predicted molar refractivity (Wildman–Crippen MR) is 58.6 cm³/mol. The molecule has 1 aromatic rings. The van der Waals surface area contributed by atoms with Crippen molar-refractivity contribution in [2.45, 2.75) is 38.2 Å². The van der Waals surface area contributed by atoms with Crippen LogP contribution in [-0.2, 0) is 11.4 Å². The van der Waals surface area contributed by atoms with Gasteiger partial charge in [-0.25, -0.2) is 0 Å². The van der Waals surface area contributed by atoms with Crippen molar-refractivity contribution in [3.05, 3.63) is 35.4 Å². The molecule has 1 unspecified atom stereocenters. The lowest BCUT2D eigenvalue weighted by Crippen LogP contribution is -2.18. The first-order valence-corrected chi connectivity index (χ1v) is 5.54. The van der Waals surface area contributed by atoms with Crippen molar-refractivity contribution >= 4 is 5.78 Å². The quantitative estimate of drug-likeness (QED) is 0.803. The molecular weight excluding hydrogens is 188 g/mol. The van der Waals surface area contributed by atoms with Crippen molar-refractivity contribution in [3.8, 4) is 0 Å². The number of aliphatic hydroxyl groups excluding tert-OH is 1. The highest BCUT2D eigenvalue weighted by Gasteiger charge is 2.25. The summed E-state index contributed by atoms with van der Waals surface area (Å²) in [6.07, 6.45) is 3.78. The summed E-state index contributed by atoms with van der Waals surface area (Å²) in [5, 5.41) is 9.22. The minimum absolute atomic E-state index is 0.0277. The maximum Gasteiger partial charge on any atom is 0.140 e. The molecule has 1 aliphatic carbocycles. The minimum atomic E-state index is 0.0277. The van der Waals surface area contributed by atoms with Crippen molar-refractivity contribution < 1.29 is 9.90 Å². The molecule has 0 aromatic heterocycles. The predicted octanol–water partition coefficient (Wildman–Crippen LogP) is 2.41. The van der Waals surface area contributed by atoms with Crippen LogP contribution in [0, 0.1) is 0 Å². The fourth-order valence-electron chi connectivity index (χ4n) is 2.33. The van der Waals surface area contributed by atoms with Gasteiger partial charge in [-0.3, -0.25) is 4.79 Å². The monoisotopic (exact) mass is 204 g/mol. The van der Waals surface area contributed by atoms with Crippen LogP contribution in [-0.4, -0.2) is 10.9 Å². The van der Waals surface area contributed by atoms with E-state index in [9.17, 15) is 9.90 Å². The number of Topliss-reactive ketones (excluding diaryl/α,β-unsaturated/α-hetero) is 1. The highest BCUT2D eigenvalue weighted by Crippen LogP contribution is 2.31. The molecule has 1 aromatic carbocycles. The van der Waals surface area contributed by atoms with E-state index in [1.54, 1.807) is 0 Å². The standard InChI is InChI=1S/C13H16O2/c14-9-10-5-1-2-6-11(10)12-7-3-4-8-13(12)15/h1-2,5-6,12,14H,3-4,7-9H2. The minimum Gasteiger partial charge on any atom is -0.392 e. The highest BCUT2D eigenvalue weighted by molar-refractivity contribution is 5.86. The summed E-state index contributed by atoms with van der Waals surface area (Å²) >= 11 is 0. The third kappa shape index (κ3) is 2.10. The third-order valence-corrected chi connectivity index (χ3v) is 3.16. The SMILES string of the molecule is O=C1CCCCC1c1ccccc1CO. The molecule has 1 aliphatic rings. The second kappa shape index (κ2) is 4.58. The Labute approximate surface area is 89.9 Å². The van der Waals surface area contributed by atoms with Gasteiger partial charge in [-0.05, 0) is 24.0 Å². The number of hydrogen-bond acceptors (Lipinski definition) is 2. The lowest BCUT2D eigenvalue weighted by molar-refractivity contribution is -0.121. The van der Waals surface area contributed by atoms with Crippen molar-refractivity contribution in [3.63, 3.8) is 0 Å². The zero-order valence-corrected chi connectivity index (χ0v) is 8.78. The molecule has 0 spiro atoms. The Morgan fingerprint density at radius 3 is 2.80 bits per heavy atom. The summed E-state index contributed by atoms with van der Waals surface area (Å²) in [6, 6.07) is 7.72. The summed E-state index contributed by atoms with van der Waals surface area (Å²) in [4.78, 5) is 11.8. The van der Waals surface area contributed by atoms with Gasteiger partial charge in [0.15, 0.2) is 0 Å². The fraction of sp³-hybridized carbons (Fsp3) is 0.462. The Hall–Kier alpha value is -1.15. The van der Waals surface area contributed by atoms with Gasteiger partial charge in [0.05, 0.1) is 6.61 Å². The highest BCUT2D eigenvalue weighted by atomic mass is 16.3. The smallest absolute Gasteiger partial charge is 0.140 e. The number of ketones is 1. The molecule has 0 aliphatic heterocycles. The Bertz CT molecular complexity index is 357. The van der Waals surface area contributed by atoms with Crippen LogP contribution in [0.5, 0.6) is 0 Å². The van der Waals surface area contributed by atoms with Gasteiger partial charge in [-0.1, -0.05) is 30.7 Å². The van der Waals surface area contributed by atoms with Crippen LogP contribution in [0.4, 0.5) is 0 Å². The Morgan fingerprint density at radius 1 is 1.27 bits per heavy atom. The maximum absolute atomic E-state index is 11.8. The van der Waals surface area contributed by atoms with Gasteiger partial charge >= 0.3 is 0 Å². The van der Waals surface area contributed by atoms with Gasteiger partial charge in [0.25, 0.3) is 0 Å². The zero-order chi connectivity index (χ0) is 10.7. The van der Waals surface area contributed by atoms with E-state index in [1.165, 1.54) is 0 Å². The van der Waals surface area contributed by atoms with Gasteiger partial charge in [0, 0.05) is 12.3 Å². The first-order chi connectivity index (χ1) is 7.33. The molecule has 0 radical (unpaired) electrons. The second-order valence-corrected chi connectivity index (χ2v) is 4.12. The van der Waals surface area contributed by atoms with Crippen molar-refractivity contribution in [1.82, 2.24) is 0 Å². The van der Waals surface area contributed by atoms with Crippen molar-refractivity contribution in [2.24, 2.45) is 0 Å². The van der Waals surface area contributed by atoms with Gasteiger partial charge in [-0.2, -0.15) is 0 Å². The number of benzene rings is 1. The molecule has 0 amide bonds. The Kier molecular flexibility index (Phi) is 3.17. The van der Waals surface area contributed by atoms with Crippen LogP contribution in [0.2, 0.25) is 0 Å². The number of carbonyl (C=O) groups is 1. The van der Waals surface area contributed by atoms with Crippen molar-refractivity contribution in [1.29, 1.82) is 0 Å². The summed E-state index contributed by atoms with van der Waals surface area (Å²) in [5.74, 6) is 0.365. The summed E-state index contributed by atoms with van der Waals surface area (Å²) in [5.41, 5.74) is 1.93. The average molecular weight is 204 g/mol. The van der Waals surface area contributed by atoms with E-state index in [-0.39, 0.29) is 12.5 Å². The number of hydrogen-bond donors (Lipinski definition) is 1. The van der Waals surface area contributed by atoms with Gasteiger partial charge < -0.3 is 5.11 Å². The van der Waals surface area contributed by atoms with E-state index >= 15 is 0 Å². The van der Waals surface area contributed by atoms with Gasteiger partial charge in [0.2, 0.25) is 0 Å². The fourth-order valence-corrected chi connectivity index (χ4v) is 2.33. The molecule has 1 atom stereocenters. The van der Waals surface area contributed by atoms with Crippen LogP contribution >= 0.6 is 0 Å². The van der Waals surface area contributed by atoms with Crippen molar-refractivity contribution in [2.75, 3.05) is 0 Å². The number of rotatable bonds is 2. The number of aliphatic hydroxyl groups is 1. The largest absolute Gasteiger partial charge is 0.392 e. The molecular formula is C13H16O2. The van der Waals surface area contributed by atoms with Crippen LogP contribution in [0.3, 0.4) is 0 Å². The zero-order valence-electron chi connectivity index (χ0n) is 8.78. The third-order valence-electron chi connectivity index (χ3n) is 3.16. The van der Waals surface area contributed by atoms with Crippen LogP contribution in [0.25, 0.3) is 0 Å². The Morgan fingerprint density at radius 2 is 2.07 bits per heavy atom. The van der Waals surface area contributed by atoms with Gasteiger partial charge in [0.1, 0.15) is 5.78 Å². The second-order valence-electron chi connectivity index (χ2n) is 4.12. The van der Waals surface area contributed by atoms with Gasteiger partial charge in [-0.15, -0.1) is 0 Å². The molecule has 15 heavy (non-hydrogen) atoms. The van der Waals surface area contributed by atoms with E-state index in [0.29, 0.717) is 12.2 Å². The molecule has 2 rings (SSSR count). The molecule has 0 heterocycles. The summed E-state index contributed by atoms with van der Waals surface area (Å²) in [7, 11) is 0. The first kappa shape index (κ1) is 10.4. The van der Waals surface area contributed by atoms with Crippen LogP contribution < -0.4 is 0 Å².